The van der Waals surface area contributed by atoms with Crippen molar-refractivity contribution in [3.05, 3.63) is 79.0 Å². The van der Waals surface area contributed by atoms with E-state index < -0.39 is 0 Å². The molecule has 0 bridgehead atoms. The Bertz CT molecular complexity index is 1620. The Morgan fingerprint density at radius 1 is 1.17 bits per heavy atom. The quantitative estimate of drug-likeness (QED) is 0.188. The van der Waals surface area contributed by atoms with E-state index >= 15 is 0 Å². The fraction of sp³-hybridized carbons (Fsp3) is 0.333. The zero-order chi connectivity index (χ0) is 29.8. The van der Waals surface area contributed by atoms with Gasteiger partial charge in [-0.3, -0.25) is 14.4 Å². The number of hydrogen-bond donors (Lipinski definition) is 1. The first-order valence-electron chi connectivity index (χ1n) is 13.5. The van der Waals surface area contributed by atoms with Crippen molar-refractivity contribution in [1.29, 1.82) is 0 Å². The maximum Gasteiger partial charge on any atom is 0.305 e. The molecule has 2 atom stereocenters. The molecule has 12 heteroatoms. The number of anilines is 1. The van der Waals surface area contributed by atoms with Gasteiger partial charge in [-0.25, -0.2) is 4.98 Å². The molecule has 0 aliphatic carbocycles. The van der Waals surface area contributed by atoms with E-state index in [-0.39, 0.29) is 47.8 Å². The van der Waals surface area contributed by atoms with Gasteiger partial charge in [0.25, 0.3) is 5.91 Å². The molecule has 220 valence electrons. The third kappa shape index (κ3) is 6.63. The third-order valence-corrected chi connectivity index (χ3v) is 9.88. The predicted octanol–water partition coefficient (Wildman–Crippen LogP) is 6.94. The molecule has 2 aromatic carbocycles. The van der Waals surface area contributed by atoms with Crippen LogP contribution in [0.4, 0.5) is 5.69 Å². The molecular weight excluding hydrogens is 617 g/mol. The van der Waals surface area contributed by atoms with E-state index in [1.165, 1.54) is 29.8 Å². The van der Waals surface area contributed by atoms with Gasteiger partial charge in [-0.15, -0.1) is 22.7 Å². The summed E-state index contributed by atoms with van der Waals surface area (Å²) in [5, 5.41) is 6.92. The topological polar surface area (TPSA) is 97.8 Å². The number of rotatable bonds is 10. The van der Waals surface area contributed by atoms with Crippen molar-refractivity contribution in [3.63, 3.8) is 0 Å². The van der Waals surface area contributed by atoms with E-state index in [1.807, 2.05) is 36.6 Å². The van der Waals surface area contributed by atoms with Crippen LogP contribution in [0, 0.1) is 0 Å². The molecule has 0 spiro atoms. The number of methoxy groups -OCH3 is 1. The van der Waals surface area contributed by atoms with Gasteiger partial charge in [-0.2, -0.15) is 0 Å². The fourth-order valence-electron chi connectivity index (χ4n) is 5.05. The largest absolute Gasteiger partial charge is 0.469 e. The number of aromatic nitrogens is 1. The molecule has 1 N–H and O–H groups in total. The van der Waals surface area contributed by atoms with Crippen molar-refractivity contribution in [3.8, 4) is 0 Å². The number of esters is 1. The molecular formula is C30H29Cl2N3O5S2. The molecule has 2 amide bonds. The Balaban J connectivity index is 1.30. The van der Waals surface area contributed by atoms with Crippen molar-refractivity contribution in [2.45, 2.75) is 44.8 Å². The van der Waals surface area contributed by atoms with Crippen LogP contribution >= 0.6 is 45.9 Å². The van der Waals surface area contributed by atoms with E-state index in [4.69, 9.17) is 32.7 Å². The van der Waals surface area contributed by atoms with Crippen molar-refractivity contribution in [2.75, 3.05) is 25.6 Å². The number of carbonyl (C=O) groups excluding carboxylic acids is 3. The number of hydrogen-bond acceptors (Lipinski definition) is 8. The summed E-state index contributed by atoms with van der Waals surface area (Å²) in [6.07, 6.45) is 3.04. The van der Waals surface area contributed by atoms with Crippen LogP contribution in [0.2, 0.25) is 10.0 Å². The molecule has 0 radical (unpaired) electrons. The van der Waals surface area contributed by atoms with Gasteiger partial charge in [0.05, 0.1) is 42.3 Å². The minimum absolute atomic E-state index is 0.0257. The molecule has 1 aliphatic rings. The summed E-state index contributed by atoms with van der Waals surface area (Å²) in [6, 6.07) is 10.6. The Morgan fingerprint density at radius 3 is 2.76 bits per heavy atom. The first-order valence-corrected chi connectivity index (χ1v) is 15.9. The van der Waals surface area contributed by atoms with Crippen LogP contribution in [0.3, 0.4) is 0 Å². The van der Waals surface area contributed by atoms with Crippen molar-refractivity contribution < 1.29 is 23.9 Å². The zero-order valence-electron chi connectivity index (χ0n) is 23.0. The maximum absolute atomic E-state index is 13.6. The molecule has 1 saturated heterocycles. The number of benzene rings is 2. The number of fused-ring (bicyclic) bond motifs is 1. The van der Waals surface area contributed by atoms with Gasteiger partial charge in [0.15, 0.2) is 0 Å². The third-order valence-electron chi connectivity index (χ3n) is 7.12. The van der Waals surface area contributed by atoms with Gasteiger partial charge in [-0.1, -0.05) is 41.4 Å². The molecule has 2 aromatic heterocycles. The summed E-state index contributed by atoms with van der Waals surface area (Å²) >= 11 is 16.1. The molecule has 1 aliphatic heterocycles. The van der Waals surface area contributed by atoms with Crippen LogP contribution < -0.4 is 5.32 Å². The van der Waals surface area contributed by atoms with Crippen LogP contribution in [0.15, 0.2) is 48.0 Å². The second kappa shape index (κ2) is 13.5. The summed E-state index contributed by atoms with van der Waals surface area (Å²) in [5.74, 6) is -0.700. The Labute approximate surface area is 261 Å². The van der Waals surface area contributed by atoms with E-state index in [0.29, 0.717) is 47.8 Å². The smallest absolute Gasteiger partial charge is 0.305 e. The summed E-state index contributed by atoms with van der Waals surface area (Å²) in [4.78, 5) is 45.5. The Morgan fingerprint density at radius 2 is 1.98 bits per heavy atom. The minimum Gasteiger partial charge on any atom is -0.469 e. The molecule has 5 rings (SSSR count). The Kier molecular flexibility index (Phi) is 9.80. The van der Waals surface area contributed by atoms with Crippen molar-refractivity contribution in [2.24, 2.45) is 0 Å². The van der Waals surface area contributed by atoms with Crippen LogP contribution in [0.25, 0.3) is 10.1 Å². The first kappa shape index (κ1) is 30.4. The van der Waals surface area contributed by atoms with Crippen LogP contribution in [-0.2, 0) is 31.9 Å². The number of thiazole rings is 1. The maximum atomic E-state index is 13.6. The summed E-state index contributed by atoms with van der Waals surface area (Å²) in [5.41, 5.74) is 1.49. The SMILES string of the molecule is CCO[C@H]1CCN(C(=O)Cc2cc(Cl)c(NC(=O)c3csc4ccccc34)cc2Cl)[C@@H]1c1ncc(CCC(=O)OC)s1. The predicted molar refractivity (Wildman–Crippen MR) is 167 cm³/mol. The average molecular weight is 647 g/mol. The average Bonchev–Trinajstić information content (AvgIpc) is 3.72. The molecule has 3 heterocycles. The van der Waals surface area contributed by atoms with E-state index in [9.17, 15) is 14.4 Å². The highest BCUT2D eigenvalue weighted by atomic mass is 35.5. The van der Waals surface area contributed by atoms with Crippen LogP contribution in [-0.4, -0.2) is 54.0 Å². The molecule has 1 fully saturated rings. The minimum atomic E-state index is -0.345. The number of likely N-dealkylation sites (tertiary alicyclic amines) is 1. The number of ether oxygens (including phenoxy) is 2. The first-order chi connectivity index (χ1) is 20.3. The second-order valence-corrected chi connectivity index (χ2v) is 12.6. The molecule has 42 heavy (non-hydrogen) atoms. The van der Waals surface area contributed by atoms with Gasteiger partial charge in [0.2, 0.25) is 5.91 Å². The van der Waals surface area contributed by atoms with Crippen LogP contribution in [0.5, 0.6) is 0 Å². The number of carbonyl (C=O) groups is 3. The standard InChI is InChI=1S/C30H29Cl2N3O5S2/c1-3-40-24-10-11-35(28(24)30-33-15-18(42-30)8-9-27(37)39-2)26(36)13-17-12-22(32)23(14-21(17)31)34-29(38)20-16-41-25-7-5-4-6-19(20)25/h4-7,12,14-16,24,28H,3,8-11,13H2,1-2H3,(H,34,38)/t24-,28-/m0/s1. The molecule has 8 nitrogen and oxygen atoms in total. The molecule has 0 unspecified atom stereocenters. The van der Waals surface area contributed by atoms with Gasteiger partial charge in [0, 0.05) is 44.7 Å². The number of aryl methyl sites for hydroxylation is 1. The second-order valence-electron chi connectivity index (χ2n) is 9.76. The fourth-order valence-corrected chi connectivity index (χ4v) is 7.54. The molecule has 4 aromatic rings. The van der Waals surface area contributed by atoms with Crippen molar-refractivity contribution >= 4 is 79.4 Å². The number of thiophene rings is 1. The summed E-state index contributed by atoms with van der Waals surface area (Å²) in [7, 11) is 1.37. The summed E-state index contributed by atoms with van der Waals surface area (Å²) < 4.78 is 11.7. The highest BCUT2D eigenvalue weighted by molar-refractivity contribution is 7.17. The van der Waals surface area contributed by atoms with E-state index in [0.717, 1.165) is 20.0 Å². The highest BCUT2D eigenvalue weighted by Gasteiger charge is 2.40. The zero-order valence-corrected chi connectivity index (χ0v) is 26.2. The van der Waals surface area contributed by atoms with Crippen molar-refractivity contribution in [1.82, 2.24) is 9.88 Å². The lowest BCUT2D eigenvalue weighted by Gasteiger charge is -2.27. The lowest BCUT2D eigenvalue weighted by molar-refractivity contribution is -0.140. The summed E-state index contributed by atoms with van der Waals surface area (Å²) in [6.45, 7) is 2.95. The monoisotopic (exact) mass is 645 g/mol. The number of nitrogens with one attached hydrogen (secondary N) is 1. The number of amides is 2. The Hall–Kier alpha value is -3.02. The van der Waals surface area contributed by atoms with Gasteiger partial charge in [-0.05, 0) is 43.5 Å². The lowest BCUT2D eigenvalue weighted by atomic mass is 10.1. The lowest BCUT2D eigenvalue weighted by Crippen LogP contribution is -2.35. The highest BCUT2D eigenvalue weighted by Crippen LogP contribution is 2.38. The number of nitrogens with zero attached hydrogens (tertiary/aromatic N) is 2. The normalized spacial score (nSPS) is 16.6. The van der Waals surface area contributed by atoms with Gasteiger partial charge >= 0.3 is 5.97 Å². The van der Waals surface area contributed by atoms with E-state index in [2.05, 4.69) is 10.3 Å². The molecule has 0 saturated carbocycles. The van der Waals surface area contributed by atoms with Gasteiger partial charge in [0.1, 0.15) is 11.0 Å². The number of halogens is 2. The van der Waals surface area contributed by atoms with Crippen LogP contribution in [0.1, 0.15) is 51.6 Å². The van der Waals surface area contributed by atoms with E-state index in [1.54, 1.807) is 23.2 Å². The van der Waals surface area contributed by atoms with Gasteiger partial charge < -0.3 is 19.7 Å².